The number of hydrogen-bond acceptors (Lipinski definition) is 2. The summed E-state index contributed by atoms with van der Waals surface area (Å²) in [4.78, 5) is 0. The molecule has 0 aromatic heterocycles. The van der Waals surface area contributed by atoms with Crippen molar-refractivity contribution in [3.05, 3.63) is 35.4 Å². The van der Waals surface area contributed by atoms with E-state index in [2.05, 4.69) is 36.5 Å². The van der Waals surface area contributed by atoms with Crippen molar-refractivity contribution in [3.8, 4) is 0 Å². The van der Waals surface area contributed by atoms with Crippen LogP contribution in [0.4, 0.5) is 0 Å². The van der Waals surface area contributed by atoms with E-state index in [-0.39, 0.29) is 6.10 Å². The Morgan fingerprint density at radius 1 is 1.10 bits per heavy atom. The van der Waals surface area contributed by atoms with Crippen molar-refractivity contribution >= 4 is 0 Å². The Kier molecular flexibility index (Phi) is 5.32. The van der Waals surface area contributed by atoms with Gasteiger partial charge in [0.15, 0.2) is 0 Å². The van der Waals surface area contributed by atoms with Gasteiger partial charge in [0.25, 0.3) is 0 Å². The standard InChI is InChI=1S/C19H29NO/c1-15-7-5-6-10-18(15)19(13-20-17-11-12-17)21-14-16-8-3-2-4-9-16/h5-7,10,16-17,19-20H,2-4,8-9,11-14H2,1H3. The van der Waals surface area contributed by atoms with Gasteiger partial charge in [-0.05, 0) is 49.7 Å². The average molecular weight is 287 g/mol. The Morgan fingerprint density at radius 3 is 2.57 bits per heavy atom. The highest BCUT2D eigenvalue weighted by Gasteiger charge is 2.24. The van der Waals surface area contributed by atoms with Crippen LogP contribution in [0.3, 0.4) is 0 Å². The van der Waals surface area contributed by atoms with Gasteiger partial charge in [0.05, 0.1) is 12.7 Å². The van der Waals surface area contributed by atoms with Gasteiger partial charge in [-0.1, -0.05) is 43.5 Å². The minimum atomic E-state index is 0.216. The predicted octanol–water partition coefficient (Wildman–Crippen LogP) is 4.39. The SMILES string of the molecule is Cc1ccccc1C(CNC1CC1)OCC1CCCCC1. The summed E-state index contributed by atoms with van der Waals surface area (Å²) in [6.45, 7) is 4.09. The van der Waals surface area contributed by atoms with Crippen LogP contribution in [0.15, 0.2) is 24.3 Å². The van der Waals surface area contributed by atoms with Gasteiger partial charge in [0, 0.05) is 12.6 Å². The molecule has 0 saturated heterocycles. The number of rotatable bonds is 7. The molecule has 1 N–H and O–H groups in total. The van der Waals surface area contributed by atoms with Crippen LogP contribution in [0.5, 0.6) is 0 Å². The Morgan fingerprint density at radius 2 is 1.86 bits per heavy atom. The Labute approximate surface area is 129 Å². The van der Waals surface area contributed by atoms with Gasteiger partial charge in [-0.15, -0.1) is 0 Å². The summed E-state index contributed by atoms with van der Waals surface area (Å²) in [5, 5.41) is 3.65. The fourth-order valence-electron chi connectivity index (χ4n) is 3.37. The minimum Gasteiger partial charge on any atom is -0.372 e. The molecule has 0 spiro atoms. The summed E-state index contributed by atoms with van der Waals surface area (Å²) in [5.74, 6) is 0.784. The third-order valence-electron chi connectivity index (χ3n) is 4.96. The average Bonchev–Trinajstić information content (AvgIpc) is 3.34. The second-order valence-electron chi connectivity index (χ2n) is 6.87. The maximum absolute atomic E-state index is 6.36. The van der Waals surface area contributed by atoms with E-state index in [1.165, 1.54) is 56.1 Å². The first-order chi connectivity index (χ1) is 10.3. The first kappa shape index (κ1) is 15.1. The van der Waals surface area contributed by atoms with Crippen molar-refractivity contribution < 1.29 is 4.74 Å². The van der Waals surface area contributed by atoms with Gasteiger partial charge in [-0.2, -0.15) is 0 Å². The molecule has 0 radical (unpaired) electrons. The van der Waals surface area contributed by atoms with Crippen molar-refractivity contribution in [2.24, 2.45) is 5.92 Å². The summed E-state index contributed by atoms with van der Waals surface area (Å²) >= 11 is 0. The highest BCUT2D eigenvalue weighted by Crippen LogP contribution is 2.28. The van der Waals surface area contributed by atoms with Crippen LogP contribution in [0.2, 0.25) is 0 Å². The maximum Gasteiger partial charge on any atom is 0.0951 e. The zero-order chi connectivity index (χ0) is 14.5. The summed E-state index contributed by atoms with van der Waals surface area (Å²) < 4.78 is 6.36. The molecule has 1 aromatic carbocycles. The monoisotopic (exact) mass is 287 g/mol. The number of ether oxygens (including phenoxy) is 1. The third-order valence-corrected chi connectivity index (χ3v) is 4.96. The molecule has 2 fully saturated rings. The van der Waals surface area contributed by atoms with Gasteiger partial charge in [0.1, 0.15) is 0 Å². The number of aryl methyl sites for hydroxylation is 1. The summed E-state index contributed by atoms with van der Waals surface area (Å²) in [7, 11) is 0. The van der Waals surface area contributed by atoms with Crippen LogP contribution in [-0.2, 0) is 4.74 Å². The highest BCUT2D eigenvalue weighted by atomic mass is 16.5. The van der Waals surface area contributed by atoms with Crippen LogP contribution in [-0.4, -0.2) is 19.2 Å². The fraction of sp³-hybridized carbons (Fsp3) is 0.684. The molecule has 2 aliphatic rings. The molecule has 21 heavy (non-hydrogen) atoms. The first-order valence-corrected chi connectivity index (χ1v) is 8.73. The summed E-state index contributed by atoms with van der Waals surface area (Å²) in [5.41, 5.74) is 2.71. The van der Waals surface area contributed by atoms with E-state index in [1.54, 1.807) is 0 Å². The van der Waals surface area contributed by atoms with Crippen molar-refractivity contribution in [3.63, 3.8) is 0 Å². The molecule has 116 valence electrons. The summed E-state index contributed by atoms with van der Waals surface area (Å²) in [6, 6.07) is 9.43. The van der Waals surface area contributed by atoms with E-state index in [9.17, 15) is 0 Å². The van der Waals surface area contributed by atoms with Crippen molar-refractivity contribution in [1.29, 1.82) is 0 Å². The van der Waals surface area contributed by atoms with Crippen LogP contribution in [0, 0.1) is 12.8 Å². The van der Waals surface area contributed by atoms with E-state index < -0.39 is 0 Å². The normalized spacial score (nSPS) is 21.4. The Hall–Kier alpha value is -0.860. The molecule has 2 aliphatic carbocycles. The van der Waals surface area contributed by atoms with Crippen LogP contribution < -0.4 is 5.32 Å². The quantitative estimate of drug-likeness (QED) is 0.803. The van der Waals surface area contributed by atoms with Gasteiger partial charge in [0.2, 0.25) is 0 Å². The number of hydrogen-bond donors (Lipinski definition) is 1. The van der Waals surface area contributed by atoms with E-state index in [4.69, 9.17) is 4.74 Å². The van der Waals surface area contributed by atoms with Crippen molar-refractivity contribution in [2.45, 2.75) is 64.0 Å². The van der Waals surface area contributed by atoms with E-state index in [1.807, 2.05) is 0 Å². The molecule has 2 nitrogen and oxygen atoms in total. The van der Waals surface area contributed by atoms with Crippen molar-refractivity contribution in [2.75, 3.05) is 13.2 Å². The zero-order valence-electron chi connectivity index (χ0n) is 13.3. The largest absolute Gasteiger partial charge is 0.372 e. The first-order valence-electron chi connectivity index (χ1n) is 8.73. The van der Waals surface area contributed by atoms with Gasteiger partial charge in [-0.25, -0.2) is 0 Å². The van der Waals surface area contributed by atoms with E-state index >= 15 is 0 Å². The molecule has 1 atom stereocenters. The molecule has 2 saturated carbocycles. The molecule has 0 amide bonds. The van der Waals surface area contributed by atoms with E-state index in [0.29, 0.717) is 0 Å². The molecule has 0 bridgehead atoms. The molecular formula is C19H29NO. The fourth-order valence-corrected chi connectivity index (χ4v) is 3.37. The Bertz CT molecular complexity index is 435. The lowest BCUT2D eigenvalue weighted by Crippen LogP contribution is -2.27. The topological polar surface area (TPSA) is 21.3 Å². The lowest BCUT2D eigenvalue weighted by atomic mass is 9.90. The zero-order valence-corrected chi connectivity index (χ0v) is 13.3. The molecule has 3 rings (SSSR count). The highest BCUT2D eigenvalue weighted by molar-refractivity contribution is 5.28. The maximum atomic E-state index is 6.36. The lowest BCUT2D eigenvalue weighted by Gasteiger charge is -2.26. The molecular weight excluding hydrogens is 258 g/mol. The van der Waals surface area contributed by atoms with Gasteiger partial charge in [-0.3, -0.25) is 0 Å². The predicted molar refractivity (Wildman–Crippen MR) is 87.5 cm³/mol. The number of nitrogens with one attached hydrogen (secondary N) is 1. The second-order valence-corrected chi connectivity index (χ2v) is 6.87. The summed E-state index contributed by atoms with van der Waals surface area (Å²) in [6.07, 6.45) is 9.81. The van der Waals surface area contributed by atoms with Gasteiger partial charge >= 0.3 is 0 Å². The molecule has 2 heteroatoms. The van der Waals surface area contributed by atoms with Crippen LogP contribution in [0.1, 0.15) is 62.2 Å². The smallest absolute Gasteiger partial charge is 0.0951 e. The number of benzene rings is 1. The van der Waals surface area contributed by atoms with E-state index in [0.717, 1.165) is 25.1 Å². The minimum absolute atomic E-state index is 0.216. The van der Waals surface area contributed by atoms with Crippen LogP contribution in [0.25, 0.3) is 0 Å². The second kappa shape index (κ2) is 7.42. The van der Waals surface area contributed by atoms with Crippen molar-refractivity contribution in [1.82, 2.24) is 5.32 Å². The molecule has 0 heterocycles. The van der Waals surface area contributed by atoms with Crippen LogP contribution >= 0.6 is 0 Å². The third kappa shape index (κ3) is 4.55. The molecule has 1 aromatic rings. The Balaban J connectivity index is 1.59. The van der Waals surface area contributed by atoms with Gasteiger partial charge < -0.3 is 10.1 Å². The lowest BCUT2D eigenvalue weighted by molar-refractivity contribution is 0.0194. The molecule has 1 unspecified atom stereocenters. The molecule has 0 aliphatic heterocycles.